The van der Waals surface area contributed by atoms with E-state index in [0.717, 1.165) is 50.7 Å². The van der Waals surface area contributed by atoms with E-state index in [0.29, 0.717) is 43.6 Å². The number of carbonyl (C=O) groups is 3. The molecular weight excluding hydrogens is 536 g/mol. The molecule has 0 aromatic heterocycles. The van der Waals surface area contributed by atoms with Gasteiger partial charge in [0, 0.05) is 18.1 Å². The molecule has 5 aliphatic rings. The van der Waals surface area contributed by atoms with Crippen molar-refractivity contribution >= 4 is 23.4 Å². The summed E-state index contributed by atoms with van der Waals surface area (Å²) in [5, 5.41) is 28.0. The Morgan fingerprint density at radius 1 is 1.07 bits per heavy atom. The van der Waals surface area contributed by atoms with Crippen molar-refractivity contribution in [2.75, 3.05) is 13.2 Å². The summed E-state index contributed by atoms with van der Waals surface area (Å²) in [5.74, 6) is 0.0492. The molecule has 9 heteroatoms. The first kappa shape index (κ1) is 31.2. The van der Waals surface area contributed by atoms with Crippen LogP contribution in [0.25, 0.3) is 0 Å². The maximum atomic E-state index is 12.7. The SMILES string of the molecule is CC(=O)[C@@]1(O)CC[C@H]2[C@@H]3CCC4=CC(=NOCC(=O)N[C@@H](CC(=O)O)[C@H]5CCOC(C)(C)C5)CC[C@]4(C)[C@H]3CC[C@@]21C. The number of nitrogens with zero attached hydrogens (tertiary/aromatic N) is 1. The van der Waals surface area contributed by atoms with Crippen LogP contribution in [0.5, 0.6) is 0 Å². The first-order valence-electron chi connectivity index (χ1n) is 16.0. The van der Waals surface area contributed by atoms with Gasteiger partial charge in [0.2, 0.25) is 0 Å². The number of rotatable bonds is 8. The first-order chi connectivity index (χ1) is 19.7. The molecule has 8 atom stereocenters. The molecule has 42 heavy (non-hydrogen) atoms. The van der Waals surface area contributed by atoms with Crippen LogP contribution in [-0.2, 0) is 24.0 Å². The van der Waals surface area contributed by atoms with Gasteiger partial charge >= 0.3 is 5.97 Å². The monoisotopic (exact) mass is 586 g/mol. The average Bonchev–Trinajstić information content (AvgIpc) is 3.19. The molecule has 4 fully saturated rings. The van der Waals surface area contributed by atoms with Crippen LogP contribution >= 0.6 is 0 Å². The van der Waals surface area contributed by atoms with E-state index in [1.807, 2.05) is 13.8 Å². The van der Waals surface area contributed by atoms with Crippen LogP contribution in [0.1, 0.15) is 105 Å². The first-order valence-corrected chi connectivity index (χ1v) is 16.0. The highest BCUT2D eigenvalue weighted by molar-refractivity contribution is 5.96. The second kappa shape index (κ2) is 11.3. The number of oxime groups is 1. The number of carbonyl (C=O) groups excluding carboxylic acids is 2. The number of allylic oxidation sites excluding steroid dienone is 2. The lowest BCUT2D eigenvalue weighted by molar-refractivity contribution is -0.159. The van der Waals surface area contributed by atoms with Gasteiger partial charge in [-0.15, -0.1) is 0 Å². The van der Waals surface area contributed by atoms with Crippen LogP contribution < -0.4 is 5.32 Å². The number of hydrogen-bond acceptors (Lipinski definition) is 7. The fourth-order valence-corrected chi connectivity index (χ4v) is 9.81. The molecule has 0 bridgehead atoms. The maximum Gasteiger partial charge on any atom is 0.305 e. The Bertz CT molecular complexity index is 1160. The largest absolute Gasteiger partial charge is 0.481 e. The highest BCUT2D eigenvalue weighted by Gasteiger charge is 2.65. The zero-order valence-electron chi connectivity index (χ0n) is 26.0. The van der Waals surface area contributed by atoms with Gasteiger partial charge in [-0.25, -0.2) is 0 Å². The summed E-state index contributed by atoms with van der Waals surface area (Å²) >= 11 is 0. The summed E-state index contributed by atoms with van der Waals surface area (Å²) in [6, 6.07) is -0.481. The molecule has 0 aromatic rings. The number of ether oxygens (including phenoxy) is 1. The number of Topliss-reactive ketones (excluding diaryl/α,β-unsaturated/α-hetero) is 1. The number of carboxylic acids is 1. The van der Waals surface area contributed by atoms with Crippen molar-refractivity contribution in [1.82, 2.24) is 5.32 Å². The number of fused-ring (bicyclic) bond motifs is 5. The number of carboxylic acid groups (broad SMARTS) is 1. The number of hydrogen-bond donors (Lipinski definition) is 3. The fraction of sp³-hybridized carbons (Fsp3) is 0.818. The molecule has 0 spiro atoms. The number of aliphatic hydroxyl groups is 1. The van der Waals surface area contributed by atoms with Crippen molar-refractivity contribution in [2.45, 2.75) is 122 Å². The standard InChI is InChI=1S/C33H50N2O7/c1-20(36)33(40)14-10-26-24-7-6-22-16-23(8-12-31(22,4)25(24)9-13-32(26,33)5)35-42-19-28(37)34-27(17-29(38)39)21-11-15-41-30(2,3)18-21/h16,21,24-27,40H,6-15,17-19H2,1-5H3,(H,34,37)(H,38,39)/t21-,24+,25-,26-,27-,31-,32-,33-/m0/s1. The van der Waals surface area contributed by atoms with Gasteiger partial charge in [-0.2, -0.15) is 0 Å². The zero-order chi connectivity index (χ0) is 30.5. The van der Waals surface area contributed by atoms with Crippen LogP contribution in [0, 0.1) is 34.5 Å². The Morgan fingerprint density at radius 3 is 2.50 bits per heavy atom. The van der Waals surface area contributed by atoms with E-state index < -0.39 is 17.6 Å². The second-order valence-electron chi connectivity index (χ2n) is 14.9. The molecule has 1 amide bonds. The number of nitrogens with one attached hydrogen (secondary N) is 1. The Labute approximate surface area is 249 Å². The van der Waals surface area contributed by atoms with Crippen LogP contribution in [0.3, 0.4) is 0 Å². The van der Waals surface area contributed by atoms with Gasteiger partial charge in [0.1, 0.15) is 5.60 Å². The van der Waals surface area contributed by atoms with Crippen LogP contribution in [0.15, 0.2) is 16.8 Å². The number of aliphatic carboxylic acids is 1. The highest BCUT2D eigenvalue weighted by Crippen LogP contribution is 2.67. The van der Waals surface area contributed by atoms with Gasteiger partial charge in [0.25, 0.3) is 5.91 Å². The minimum Gasteiger partial charge on any atom is -0.481 e. The minimum atomic E-state index is -1.19. The number of amides is 1. The molecule has 5 rings (SSSR count). The van der Waals surface area contributed by atoms with Crippen LogP contribution in [0.4, 0.5) is 0 Å². The lowest BCUT2D eigenvalue weighted by Gasteiger charge is -2.59. The van der Waals surface area contributed by atoms with Crippen molar-refractivity contribution in [3.8, 4) is 0 Å². The van der Waals surface area contributed by atoms with E-state index in [1.54, 1.807) is 6.92 Å². The third kappa shape index (κ3) is 5.56. The summed E-state index contributed by atoms with van der Waals surface area (Å²) in [6.45, 7) is 10.4. The average molecular weight is 587 g/mol. The Hall–Kier alpha value is -2.26. The Balaban J connectivity index is 1.20. The van der Waals surface area contributed by atoms with Gasteiger partial charge in [0.05, 0.1) is 17.7 Å². The van der Waals surface area contributed by atoms with Crippen LogP contribution in [-0.4, -0.2) is 64.0 Å². The van der Waals surface area contributed by atoms with Crippen molar-refractivity contribution in [3.63, 3.8) is 0 Å². The summed E-state index contributed by atoms with van der Waals surface area (Å²) in [6.07, 6.45) is 10.6. The fourth-order valence-electron chi connectivity index (χ4n) is 9.81. The highest BCUT2D eigenvalue weighted by atomic mass is 16.6. The molecule has 3 N–H and O–H groups in total. The molecule has 1 saturated heterocycles. The molecule has 0 unspecified atom stereocenters. The van der Waals surface area contributed by atoms with Crippen molar-refractivity contribution < 1.29 is 34.2 Å². The number of ketones is 1. The van der Waals surface area contributed by atoms with Gasteiger partial charge < -0.3 is 25.1 Å². The van der Waals surface area contributed by atoms with Gasteiger partial charge in [-0.3, -0.25) is 14.4 Å². The van der Waals surface area contributed by atoms with Crippen molar-refractivity contribution in [1.29, 1.82) is 0 Å². The predicted molar refractivity (Wildman–Crippen MR) is 158 cm³/mol. The third-order valence-electron chi connectivity index (χ3n) is 12.1. The molecule has 1 heterocycles. The summed E-state index contributed by atoms with van der Waals surface area (Å²) in [5.41, 5.74) is 0.437. The van der Waals surface area contributed by atoms with Crippen LogP contribution in [0.2, 0.25) is 0 Å². The van der Waals surface area contributed by atoms with E-state index in [4.69, 9.17) is 9.57 Å². The zero-order valence-corrected chi connectivity index (χ0v) is 26.0. The summed E-state index contributed by atoms with van der Waals surface area (Å²) in [4.78, 5) is 42.2. The van der Waals surface area contributed by atoms with E-state index in [1.165, 1.54) is 5.57 Å². The van der Waals surface area contributed by atoms with Gasteiger partial charge in [-0.05, 0) is 120 Å². The maximum absolute atomic E-state index is 12.7. The quantitative estimate of drug-likeness (QED) is 0.348. The molecule has 3 saturated carbocycles. The Morgan fingerprint density at radius 2 is 1.81 bits per heavy atom. The lowest BCUT2D eigenvalue weighted by Crippen LogP contribution is -2.57. The van der Waals surface area contributed by atoms with Crippen molar-refractivity contribution in [2.24, 2.45) is 39.7 Å². The summed E-state index contributed by atoms with van der Waals surface area (Å²) < 4.78 is 5.77. The molecule has 9 nitrogen and oxygen atoms in total. The van der Waals surface area contributed by atoms with E-state index in [2.05, 4.69) is 30.4 Å². The molecule has 1 aliphatic heterocycles. The van der Waals surface area contributed by atoms with E-state index in [-0.39, 0.29) is 47.1 Å². The summed E-state index contributed by atoms with van der Waals surface area (Å²) in [7, 11) is 0. The molecule has 4 aliphatic carbocycles. The molecular formula is C33H50N2O7. The molecule has 0 radical (unpaired) electrons. The van der Waals surface area contributed by atoms with Crippen molar-refractivity contribution in [3.05, 3.63) is 11.6 Å². The third-order valence-corrected chi connectivity index (χ3v) is 12.1. The Kier molecular flexibility index (Phi) is 8.42. The van der Waals surface area contributed by atoms with E-state index in [9.17, 15) is 24.6 Å². The van der Waals surface area contributed by atoms with Gasteiger partial charge in [0.15, 0.2) is 12.4 Å². The van der Waals surface area contributed by atoms with E-state index >= 15 is 0 Å². The molecule has 0 aromatic carbocycles. The smallest absolute Gasteiger partial charge is 0.305 e. The predicted octanol–water partition coefficient (Wildman–Crippen LogP) is 4.81. The lowest BCUT2D eigenvalue weighted by atomic mass is 9.46. The molecule has 234 valence electrons. The second-order valence-corrected chi connectivity index (χ2v) is 14.9. The van der Waals surface area contributed by atoms with Gasteiger partial charge in [-0.1, -0.05) is 24.6 Å². The normalized spacial score (nSPS) is 40.6. The topological polar surface area (TPSA) is 135 Å². The minimum absolute atomic E-state index is 0.0224.